The molecule has 0 radical (unpaired) electrons. The minimum atomic E-state index is -1.23. The highest BCUT2D eigenvalue weighted by atomic mass is 32.2. The largest absolute Gasteiger partial charge is 0.477 e. The highest BCUT2D eigenvalue weighted by Gasteiger charge is 2.53. The molecular weight excluding hydrogens is 466 g/mol. The lowest BCUT2D eigenvalue weighted by Gasteiger charge is -2.49. The smallest absolute Gasteiger partial charge is 0.352 e. The number of aromatic nitrogens is 3. The Morgan fingerprint density at radius 2 is 2.23 bits per heavy atom. The SMILES string of the molecule is Nc1nc(O/N=C\C(=O)NC2C(=O)N3C(C(=O)O)=C(/C=C\c4csnn4)CSC23)cs1. The number of nitrogens with two attached hydrogens (primary N) is 1. The van der Waals surface area contributed by atoms with Crippen molar-refractivity contribution in [2.75, 3.05) is 11.5 Å². The van der Waals surface area contributed by atoms with Gasteiger partial charge in [0, 0.05) is 11.1 Å². The number of hydrogen-bond donors (Lipinski definition) is 3. The van der Waals surface area contributed by atoms with Gasteiger partial charge < -0.3 is 21.0 Å². The van der Waals surface area contributed by atoms with Crippen LogP contribution in [0.15, 0.2) is 33.3 Å². The number of anilines is 1. The summed E-state index contributed by atoms with van der Waals surface area (Å²) >= 11 is 3.67. The molecule has 2 aromatic heterocycles. The van der Waals surface area contributed by atoms with Gasteiger partial charge in [0.1, 0.15) is 23.3 Å². The maximum absolute atomic E-state index is 12.6. The van der Waals surface area contributed by atoms with Gasteiger partial charge in [0.25, 0.3) is 17.7 Å². The van der Waals surface area contributed by atoms with E-state index in [4.69, 9.17) is 10.6 Å². The molecule has 15 heteroatoms. The number of fused-ring (bicyclic) bond motifs is 1. The summed E-state index contributed by atoms with van der Waals surface area (Å²) in [5, 5.41) is 22.5. The first kappa shape index (κ1) is 21.0. The molecule has 1 saturated heterocycles. The van der Waals surface area contributed by atoms with Crippen LogP contribution in [0.25, 0.3) is 6.08 Å². The van der Waals surface area contributed by atoms with Crippen molar-refractivity contribution >= 4 is 69.8 Å². The zero-order valence-corrected chi connectivity index (χ0v) is 17.8. The molecule has 2 amide bonds. The fourth-order valence-corrected chi connectivity index (χ4v) is 5.04. The molecule has 4 heterocycles. The van der Waals surface area contributed by atoms with Crippen LogP contribution in [-0.4, -0.2) is 65.7 Å². The Hall–Kier alpha value is -3.30. The zero-order chi connectivity index (χ0) is 22.0. The van der Waals surface area contributed by atoms with Gasteiger partial charge in [-0.3, -0.25) is 14.5 Å². The Balaban J connectivity index is 1.41. The minimum Gasteiger partial charge on any atom is -0.477 e. The van der Waals surface area contributed by atoms with Crippen LogP contribution in [0, 0.1) is 0 Å². The standard InChI is InChI=1S/C16H13N7O5S3/c17-16-20-10(6-30-16)28-18-3-9(24)19-11-13(25)23-12(15(26)27)7(4-29-14(11)23)1-2-8-5-31-22-21-8/h1-3,5-6,11,14H,4H2,(H2,17,20)(H,19,24)(H,26,27)/b2-1-,18-3-. The van der Waals surface area contributed by atoms with Crippen molar-refractivity contribution in [3.63, 3.8) is 0 Å². The third-order valence-corrected chi connectivity index (χ3v) is 6.62. The van der Waals surface area contributed by atoms with Gasteiger partial charge >= 0.3 is 5.97 Å². The predicted molar refractivity (Wildman–Crippen MR) is 114 cm³/mol. The normalized spacial score (nSPS) is 20.8. The van der Waals surface area contributed by atoms with Gasteiger partial charge in [0.15, 0.2) is 5.13 Å². The lowest BCUT2D eigenvalue weighted by Crippen LogP contribution is -2.70. The van der Waals surface area contributed by atoms with Crippen molar-refractivity contribution in [3.05, 3.63) is 33.8 Å². The van der Waals surface area contributed by atoms with Crippen LogP contribution in [0.2, 0.25) is 0 Å². The van der Waals surface area contributed by atoms with E-state index < -0.39 is 29.2 Å². The number of nitrogens with one attached hydrogen (secondary N) is 1. The van der Waals surface area contributed by atoms with Crippen molar-refractivity contribution in [1.82, 2.24) is 24.8 Å². The molecule has 0 spiro atoms. The highest BCUT2D eigenvalue weighted by molar-refractivity contribution is 8.00. The second-order valence-corrected chi connectivity index (χ2v) is 8.69. The van der Waals surface area contributed by atoms with Crippen LogP contribution in [-0.2, 0) is 14.4 Å². The molecule has 31 heavy (non-hydrogen) atoms. The van der Waals surface area contributed by atoms with Crippen LogP contribution < -0.4 is 15.9 Å². The number of β-lactam (4-membered cyclic amide) rings is 1. The number of thiazole rings is 1. The van der Waals surface area contributed by atoms with E-state index in [0.717, 1.165) is 17.6 Å². The van der Waals surface area contributed by atoms with Crippen LogP contribution in [0.1, 0.15) is 5.69 Å². The summed E-state index contributed by atoms with van der Waals surface area (Å²) < 4.78 is 3.74. The summed E-state index contributed by atoms with van der Waals surface area (Å²) in [6.07, 6.45) is 4.11. The minimum absolute atomic E-state index is 0.114. The van der Waals surface area contributed by atoms with E-state index in [-0.39, 0.29) is 11.6 Å². The van der Waals surface area contributed by atoms with Crippen molar-refractivity contribution in [3.8, 4) is 5.88 Å². The highest BCUT2D eigenvalue weighted by Crippen LogP contribution is 2.40. The number of amides is 2. The van der Waals surface area contributed by atoms with E-state index in [0.29, 0.717) is 22.2 Å². The average Bonchev–Trinajstić information content (AvgIpc) is 3.41. The number of oxime groups is 1. The molecule has 0 aromatic carbocycles. The molecule has 0 bridgehead atoms. The predicted octanol–water partition coefficient (Wildman–Crippen LogP) is 0.393. The van der Waals surface area contributed by atoms with E-state index >= 15 is 0 Å². The Kier molecular flexibility index (Phi) is 5.97. The molecule has 2 aliphatic heterocycles. The number of allylic oxidation sites excluding steroid dienone is 1. The monoisotopic (exact) mass is 479 g/mol. The van der Waals surface area contributed by atoms with Crippen molar-refractivity contribution < 1.29 is 24.3 Å². The number of aliphatic carboxylic acids is 1. The number of carboxylic acids is 1. The molecule has 2 atom stereocenters. The molecule has 2 unspecified atom stereocenters. The van der Waals surface area contributed by atoms with E-state index in [1.807, 2.05) is 0 Å². The van der Waals surface area contributed by atoms with E-state index in [9.17, 15) is 19.5 Å². The van der Waals surface area contributed by atoms with Crippen LogP contribution in [0.5, 0.6) is 5.88 Å². The number of carbonyl (C=O) groups excluding carboxylic acids is 2. The summed E-state index contributed by atoms with van der Waals surface area (Å²) in [4.78, 5) is 46.3. The van der Waals surface area contributed by atoms with Gasteiger partial charge in [0.2, 0.25) is 0 Å². The van der Waals surface area contributed by atoms with Gasteiger partial charge in [0.05, 0.1) is 11.1 Å². The summed E-state index contributed by atoms with van der Waals surface area (Å²) in [6, 6.07) is -0.874. The second kappa shape index (κ2) is 8.83. The molecule has 2 aliphatic rings. The summed E-state index contributed by atoms with van der Waals surface area (Å²) in [5.74, 6) is -1.92. The van der Waals surface area contributed by atoms with E-state index in [1.165, 1.54) is 33.6 Å². The molecule has 12 nitrogen and oxygen atoms in total. The van der Waals surface area contributed by atoms with Crippen molar-refractivity contribution in [1.29, 1.82) is 0 Å². The molecule has 2 aromatic rings. The number of rotatable bonds is 7. The van der Waals surface area contributed by atoms with Crippen LogP contribution in [0.4, 0.5) is 5.13 Å². The Bertz CT molecular complexity index is 1110. The molecule has 4 rings (SSSR count). The van der Waals surface area contributed by atoms with Gasteiger partial charge in [-0.2, -0.15) is 4.98 Å². The Morgan fingerprint density at radius 3 is 2.90 bits per heavy atom. The van der Waals surface area contributed by atoms with Crippen LogP contribution in [0.3, 0.4) is 0 Å². The zero-order valence-electron chi connectivity index (χ0n) is 15.4. The number of thioether (sulfide) groups is 1. The molecular formula is C16H13N7O5S3. The second-order valence-electron chi connectivity index (χ2n) is 6.09. The number of carbonyl (C=O) groups is 3. The first-order valence-corrected chi connectivity index (χ1v) is 11.3. The molecule has 1 fully saturated rings. The number of nitrogens with zero attached hydrogens (tertiary/aromatic N) is 5. The molecule has 4 N–H and O–H groups in total. The maximum atomic E-state index is 12.6. The molecule has 160 valence electrons. The van der Waals surface area contributed by atoms with Crippen molar-refractivity contribution in [2.45, 2.75) is 11.4 Å². The number of nitrogen functional groups attached to an aromatic ring is 1. The van der Waals surface area contributed by atoms with Crippen LogP contribution >= 0.6 is 34.6 Å². The van der Waals surface area contributed by atoms with Gasteiger partial charge in [-0.15, -0.1) is 28.2 Å². The lowest BCUT2D eigenvalue weighted by molar-refractivity contribution is -0.150. The third kappa shape index (κ3) is 4.42. The number of carboxylic acid groups (broad SMARTS) is 1. The van der Waals surface area contributed by atoms with E-state index in [2.05, 4.69) is 25.0 Å². The fourth-order valence-electron chi connectivity index (χ4n) is 2.83. The summed E-state index contributed by atoms with van der Waals surface area (Å²) in [7, 11) is 0. The quantitative estimate of drug-likeness (QED) is 0.286. The summed E-state index contributed by atoms with van der Waals surface area (Å²) in [5.41, 5.74) is 6.41. The first-order chi connectivity index (χ1) is 14.9. The Labute approximate surface area is 186 Å². The summed E-state index contributed by atoms with van der Waals surface area (Å²) in [6.45, 7) is 0. The van der Waals surface area contributed by atoms with Gasteiger partial charge in [-0.1, -0.05) is 15.7 Å². The average molecular weight is 480 g/mol. The van der Waals surface area contributed by atoms with Gasteiger partial charge in [-0.05, 0) is 23.2 Å². The molecule has 0 saturated carbocycles. The van der Waals surface area contributed by atoms with E-state index in [1.54, 1.807) is 17.5 Å². The first-order valence-electron chi connectivity index (χ1n) is 8.52. The third-order valence-electron chi connectivity index (χ3n) is 4.15. The molecule has 0 aliphatic carbocycles. The lowest BCUT2D eigenvalue weighted by atomic mass is 10.0. The van der Waals surface area contributed by atoms with Crippen molar-refractivity contribution in [2.24, 2.45) is 5.16 Å². The fraction of sp³-hybridized carbons (Fsp3) is 0.188. The maximum Gasteiger partial charge on any atom is 0.352 e. The Morgan fingerprint density at radius 1 is 1.39 bits per heavy atom. The topological polar surface area (TPSA) is 173 Å². The van der Waals surface area contributed by atoms with Gasteiger partial charge in [-0.25, -0.2) is 4.79 Å². The number of hydrogen-bond acceptors (Lipinski definition) is 12.